The average molecular weight is 247 g/mol. The third kappa shape index (κ3) is 1.13. The Kier molecular flexibility index (Phi) is 2.44. The smallest absolute Gasteiger partial charge is 0.205 e. The predicted octanol–water partition coefficient (Wildman–Crippen LogP) is 2.20. The van der Waals surface area contributed by atoms with E-state index in [-0.39, 0.29) is 22.9 Å². The van der Waals surface area contributed by atoms with Gasteiger partial charge in [0.2, 0.25) is 11.6 Å². The van der Waals surface area contributed by atoms with Crippen molar-refractivity contribution in [1.82, 2.24) is 0 Å². The van der Waals surface area contributed by atoms with E-state index < -0.39 is 5.41 Å². The van der Waals surface area contributed by atoms with Gasteiger partial charge in [-0.15, -0.1) is 0 Å². The Balaban J connectivity index is 3.25. The molecule has 3 heteroatoms. The summed E-state index contributed by atoms with van der Waals surface area (Å²) in [6.07, 6.45) is 0. The molecule has 1 aliphatic rings. The first-order valence-corrected chi connectivity index (χ1v) is 5.56. The highest BCUT2D eigenvalue weighted by Gasteiger charge is 2.60. The number of rotatable bonds is 1. The molecule has 13 heavy (non-hydrogen) atoms. The lowest BCUT2D eigenvalue weighted by Crippen LogP contribution is -2.38. The van der Waals surface area contributed by atoms with Crippen molar-refractivity contribution in [2.75, 3.05) is 5.33 Å². The van der Waals surface area contributed by atoms with Crippen molar-refractivity contribution in [3.63, 3.8) is 0 Å². The molecule has 0 aromatic rings. The zero-order valence-corrected chi connectivity index (χ0v) is 10.1. The SMILES string of the molecule is CC1C(=O)C(=O)C(C)(CBr)C1(C)C. The Bertz CT molecular complexity index is 270. The molecule has 0 saturated heterocycles. The van der Waals surface area contributed by atoms with E-state index in [0.29, 0.717) is 5.33 Å². The highest BCUT2D eigenvalue weighted by molar-refractivity contribution is 9.09. The van der Waals surface area contributed by atoms with Gasteiger partial charge in [0, 0.05) is 16.7 Å². The van der Waals surface area contributed by atoms with Crippen molar-refractivity contribution in [2.45, 2.75) is 27.7 Å². The summed E-state index contributed by atoms with van der Waals surface area (Å²) in [6.45, 7) is 7.68. The summed E-state index contributed by atoms with van der Waals surface area (Å²) in [5, 5.41) is 0.557. The van der Waals surface area contributed by atoms with Crippen molar-refractivity contribution in [2.24, 2.45) is 16.7 Å². The molecule has 0 bridgehead atoms. The zero-order chi connectivity index (χ0) is 10.4. The van der Waals surface area contributed by atoms with E-state index in [4.69, 9.17) is 0 Å². The number of alkyl halides is 1. The van der Waals surface area contributed by atoms with Gasteiger partial charge in [0.05, 0.1) is 0 Å². The van der Waals surface area contributed by atoms with E-state index in [2.05, 4.69) is 15.9 Å². The molecule has 1 fully saturated rings. The van der Waals surface area contributed by atoms with Crippen molar-refractivity contribution in [3.05, 3.63) is 0 Å². The van der Waals surface area contributed by atoms with Gasteiger partial charge in [-0.25, -0.2) is 0 Å². The molecule has 2 atom stereocenters. The maximum atomic E-state index is 11.7. The summed E-state index contributed by atoms with van der Waals surface area (Å²) in [5.41, 5.74) is -0.784. The van der Waals surface area contributed by atoms with Crippen molar-refractivity contribution in [3.8, 4) is 0 Å². The van der Waals surface area contributed by atoms with Gasteiger partial charge in [0.15, 0.2) is 0 Å². The fourth-order valence-electron chi connectivity index (χ4n) is 1.80. The van der Waals surface area contributed by atoms with E-state index in [9.17, 15) is 9.59 Å². The molecule has 0 radical (unpaired) electrons. The topological polar surface area (TPSA) is 34.1 Å². The molecule has 0 aromatic heterocycles. The van der Waals surface area contributed by atoms with E-state index in [0.717, 1.165) is 0 Å². The molecule has 1 rings (SSSR count). The minimum atomic E-state index is -0.538. The quantitative estimate of drug-likeness (QED) is 0.525. The summed E-state index contributed by atoms with van der Waals surface area (Å²) in [5.74, 6) is -0.601. The fourth-order valence-corrected chi connectivity index (χ4v) is 2.78. The van der Waals surface area contributed by atoms with Gasteiger partial charge in [-0.2, -0.15) is 0 Å². The number of ketones is 2. The van der Waals surface area contributed by atoms with Gasteiger partial charge in [0.1, 0.15) is 0 Å². The second-order valence-corrected chi connectivity index (χ2v) is 5.16. The molecule has 2 nitrogen and oxygen atoms in total. The Labute approximate surface area is 87.2 Å². The van der Waals surface area contributed by atoms with Crippen molar-refractivity contribution in [1.29, 1.82) is 0 Å². The monoisotopic (exact) mass is 246 g/mol. The van der Waals surface area contributed by atoms with E-state index in [1.54, 1.807) is 0 Å². The van der Waals surface area contributed by atoms with Gasteiger partial charge in [-0.1, -0.05) is 43.6 Å². The summed E-state index contributed by atoms with van der Waals surface area (Å²) in [6, 6.07) is 0. The van der Waals surface area contributed by atoms with Crippen LogP contribution in [0.2, 0.25) is 0 Å². The standard InChI is InChI=1S/C10H15BrO2/c1-6-7(12)8(13)10(4,5-11)9(6,2)3/h6H,5H2,1-4H3. The third-order valence-electron chi connectivity index (χ3n) is 3.89. The highest BCUT2D eigenvalue weighted by atomic mass is 79.9. The molecule has 0 amide bonds. The number of Topliss-reactive ketones (excluding diaryl/α,β-unsaturated/α-hetero) is 2. The maximum absolute atomic E-state index is 11.7. The van der Waals surface area contributed by atoms with Crippen LogP contribution in [0.15, 0.2) is 0 Å². The van der Waals surface area contributed by atoms with Gasteiger partial charge in [-0.05, 0) is 5.41 Å². The Hall–Kier alpha value is -0.180. The minimum Gasteiger partial charge on any atom is -0.291 e. The predicted molar refractivity (Wildman–Crippen MR) is 54.9 cm³/mol. The summed E-state index contributed by atoms with van der Waals surface area (Å²) in [4.78, 5) is 23.2. The second kappa shape index (κ2) is 2.91. The lowest BCUT2D eigenvalue weighted by molar-refractivity contribution is -0.138. The Morgan fingerprint density at radius 2 is 1.77 bits per heavy atom. The molecule has 0 aromatic carbocycles. The van der Waals surface area contributed by atoms with Crippen LogP contribution in [0, 0.1) is 16.7 Å². The zero-order valence-electron chi connectivity index (χ0n) is 8.48. The first-order valence-electron chi connectivity index (χ1n) is 4.43. The number of halogens is 1. The van der Waals surface area contributed by atoms with Crippen LogP contribution in [-0.4, -0.2) is 16.9 Å². The molecule has 0 spiro atoms. The summed E-state index contributed by atoms with van der Waals surface area (Å²) >= 11 is 3.33. The minimum absolute atomic E-state index is 0.164. The maximum Gasteiger partial charge on any atom is 0.205 e. The first kappa shape index (κ1) is 10.9. The van der Waals surface area contributed by atoms with Gasteiger partial charge < -0.3 is 0 Å². The summed E-state index contributed by atoms with van der Waals surface area (Å²) < 4.78 is 0. The molecular weight excluding hydrogens is 232 g/mol. The van der Waals surface area contributed by atoms with E-state index in [1.165, 1.54) is 0 Å². The number of carbonyl (C=O) groups is 2. The fraction of sp³-hybridized carbons (Fsp3) is 0.800. The molecule has 74 valence electrons. The molecule has 0 heterocycles. The second-order valence-electron chi connectivity index (χ2n) is 4.60. The lowest BCUT2D eigenvalue weighted by Gasteiger charge is -2.36. The number of hydrogen-bond donors (Lipinski definition) is 0. The normalized spacial score (nSPS) is 38.4. The van der Waals surface area contributed by atoms with Crippen LogP contribution < -0.4 is 0 Å². The third-order valence-corrected chi connectivity index (χ3v) is 5.01. The first-order chi connectivity index (χ1) is 5.79. The van der Waals surface area contributed by atoms with Crippen LogP contribution >= 0.6 is 15.9 Å². The van der Waals surface area contributed by atoms with E-state index >= 15 is 0 Å². The van der Waals surface area contributed by atoms with Crippen LogP contribution in [0.1, 0.15) is 27.7 Å². The van der Waals surface area contributed by atoms with E-state index in [1.807, 2.05) is 27.7 Å². The number of hydrogen-bond acceptors (Lipinski definition) is 2. The van der Waals surface area contributed by atoms with Gasteiger partial charge >= 0.3 is 0 Å². The Morgan fingerprint density at radius 1 is 1.31 bits per heavy atom. The van der Waals surface area contributed by atoms with Crippen molar-refractivity contribution >= 4 is 27.5 Å². The van der Waals surface area contributed by atoms with Crippen LogP contribution in [-0.2, 0) is 9.59 Å². The van der Waals surface area contributed by atoms with Gasteiger partial charge in [0.25, 0.3) is 0 Å². The number of carbonyl (C=O) groups excluding carboxylic acids is 2. The molecule has 0 aliphatic heterocycles. The van der Waals surface area contributed by atoms with Gasteiger partial charge in [-0.3, -0.25) is 9.59 Å². The van der Waals surface area contributed by atoms with Crippen LogP contribution in [0.4, 0.5) is 0 Å². The van der Waals surface area contributed by atoms with Crippen LogP contribution in [0.3, 0.4) is 0 Å². The average Bonchev–Trinajstić information content (AvgIpc) is 2.20. The largest absolute Gasteiger partial charge is 0.291 e. The Morgan fingerprint density at radius 3 is 1.92 bits per heavy atom. The molecule has 2 unspecified atom stereocenters. The van der Waals surface area contributed by atoms with Crippen LogP contribution in [0.5, 0.6) is 0 Å². The lowest BCUT2D eigenvalue weighted by atomic mass is 9.67. The molecule has 1 aliphatic carbocycles. The highest BCUT2D eigenvalue weighted by Crippen LogP contribution is 2.52. The van der Waals surface area contributed by atoms with Crippen LogP contribution in [0.25, 0.3) is 0 Å². The molecular formula is C10H15BrO2. The summed E-state index contributed by atoms with van der Waals surface area (Å²) in [7, 11) is 0. The molecule has 0 N–H and O–H groups in total. The van der Waals surface area contributed by atoms with Crippen molar-refractivity contribution < 1.29 is 9.59 Å². The molecule has 1 saturated carbocycles.